The normalized spacial score (nSPS) is 10.6. The third kappa shape index (κ3) is 7.38. The number of carboxylic acids is 1. The van der Waals surface area contributed by atoms with E-state index in [-0.39, 0.29) is 25.4 Å². The number of carbonyl (C=O) groups is 2. The number of halogens is 1. The molecule has 7 heteroatoms. The van der Waals surface area contributed by atoms with Crippen LogP contribution in [0.4, 0.5) is 10.1 Å². The predicted molar refractivity (Wildman–Crippen MR) is 75.6 cm³/mol. The Morgan fingerprint density at radius 2 is 2.14 bits per heavy atom. The molecule has 21 heavy (non-hydrogen) atoms. The molecule has 0 unspecified atom stereocenters. The highest BCUT2D eigenvalue weighted by atomic mass is 19.1. The number of anilines is 1. The van der Waals surface area contributed by atoms with E-state index in [1.54, 1.807) is 11.0 Å². The van der Waals surface area contributed by atoms with Crippen LogP contribution >= 0.6 is 0 Å². The number of nitrogens with zero attached hydrogens (tertiary/aromatic N) is 1. The molecule has 1 rings (SSSR count). The number of carbonyl (C=O) groups excluding carboxylic acids is 1. The standard InChI is InChI=1S/C14H19FN2O4/c1-21-8-7-17(10-14(19)20)6-5-13(18)16-12-4-2-3-11(15)9-12/h2-4,9H,5-8,10H2,1H3,(H,16,18)(H,19,20). The van der Waals surface area contributed by atoms with Crippen LogP contribution in [0, 0.1) is 5.82 Å². The Labute approximate surface area is 122 Å². The second kappa shape index (κ2) is 9.04. The van der Waals surface area contributed by atoms with E-state index in [0.29, 0.717) is 18.8 Å². The maximum absolute atomic E-state index is 13.0. The molecule has 0 aromatic heterocycles. The molecular formula is C14H19FN2O4. The number of ether oxygens (including phenoxy) is 1. The van der Waals surface area contributed by atoms with Crippen molar-refractivity contribution in [3.8, 4) is 0 Å². The fourth-order valence-corrected chi connectivity index (χ4v) is 1.73. The smallest absolute Gasteiger partial charge is 0.317 e. The van der Waals surface area contributed by atoms with E-state index in [2.05, 4.69) is 5.32 Å². The molecule has 6 nitrogen and oxygen atoms in total. The summed E-state index contributed by atoms with van der Waals surface area (Å²) in [6.07, 6.45) is 0.119. The zero-order valence-corrected chi connectivity index (χ0v) is 11.8. The first-order valence-electron chi connectivity index (χ1n) is 6.49. The van der Waals surface area contributed by atoms with Crippen LogP contribution in [0.15, 0.2) is 24.3 Å². The highest BCUT2D eigenvalue weighted by Crippen LogP contribution is 2.09. The fraction of sp³-hybridized carbons (Fsp3) is 0.429. The van der Waals surface area contributed by atoms with E-state index in [9.17, 15) is 14.0 Å². The molecule has 116 valence electrons. The van der Waals surface area contributed by atoms with Crippen molar-refractivity contribution in [2.75, 3.05) is 38.7 Å². The average Bonchev–Trinajstić information content (AvgIpc) is 2.41. The van der Waals surface area contributed by atoms with Gasteiger partial charge in [0.25, 0.3) is 0 Å². The van der Waals surface area contributed by atoms with Gasteiger partial charge < -0.3 is 15.2 Å². The summed E-state index contributed by atoms with van der Waals surface area (Å²) in [7, 11) is 1.52. The lowest BCUT2D eigenvalue weighted by atomic mass is 10.3. The summed E-state index contributed by atoms with van der Waals surface area (Å²) < 4.78 is 17.9. The number of aliphatic carboxylic acids is 1. The molecule has 0 fully saturated rings. The van der Waals surface area contributed by atoms with Gasteiger partial charge in [-0.05, 0) is 18.2 Å². The third-order valence-electron chi connectivity index (χ3n) is 2.73. The van der Waals surface area contributed by atoms with Crippen LogP contribution in [-0.2, 0) is 14.3 Å². The van der Waals surface area contributed by atoms with Crippen molar-refractivity contribution in [2.24, 2.45) is 0 Å². The highest BCUT2D eigenvalue weighted by Gasteiger charge is 2.12. The van der Waals surface area contributed by atoms with Gasteiger partial charge in [0.15, 0.2) is 0 Å². The monoisotopic (exact) mass is 298 g/mol. The highest BCUT2D eigenvalue weighted by molar-refractivity contribution is 5.90. The first kappa shape index (κ1) is 17.1. The van der Waals surface area contributed by atoms with Crippen LogP contribution in [0.25, 0.3) is 0 Å². The van der Waals surface area contributed by atoms with Crippen molar-refractivity contribution in [3.05, 3.63) is 30.1 Å². The summed E-state index contributed by atoms with van der Waals surface area (Å²) in [4.78, 5) is 24.1. The molecule has 2 N–H and O–H groups in total. The number of amides is 1. The van der Waals surface area contributed by atoms with E-state index < -0.39 is 11.8 Å². The zero-order chi connectivity index (χ0) is 15.7. The maximum Gasteiger partial charge on any atom is 0.317 e. The van der Waals surface area contributed by atoms with E-state index in [0.717, 1.165) is 0 Å². The minimum atomic E-state index is -0.961. The number of rotatable bonds is 9. The lowest BCUT2D eigenvalue weighted by Gasteiger charge is -2.19. The van der Waals surface area contributed by atoms with Gasteiger partial charge in [0.05, 0.1) is 13.2 Å². The molecule has 0 spiro atoms. The van der Waals surface area contributed by atoms with E-state index in [4.69, 9.17) is 9.84 Å². The van der Waals surface area contributed by atoms with Gasteiger partial charge in [-0.25, -0.2) is 4.39 Å². The van der Waals surface area contributed by atoms with Gasteiger partial charge in [-0.1, -0.05) is 6.07 Å². The molecule has 0 radical (unpaired) electrons. The van der Waals surface area contributed by atoms with Crippen LogP contribution in [-0.4, -0.2) is 55.2 Å². The van der Waals surface area contributed by atoms with Gasteiger partial charge >= 0.3 is 5.97 Å². The van der Waals surface area contributed by atoms with E-state index in [1.165, 1.54) is 25.3 Å². The second-order valence-electron chi connectivity index (χ2n) is 4.47. The summed E-state index contributed by atoms with van der Waals surface area (Å²) in [6.45, 7) is 0.947. The summed E-state index contributed by atoms with van der Waals surface area (Å²) in [5, 5.41) is 11.4. The third-order valence-corrected chi connectivity index (χ3v) is 2.73. The van der Waals surface area contributed by atoms with E-state index >= 15 is 0 Å². The lowest BCUT2D eigenvalue weighted by molar-refractivity contribution is -0.138. The number of methoxy groups -OCH3 is 1. The number of carboxylic acid groups (broad SMARTS) is 1. The average molecular weight is 298 g/mol. The van der Waals surface area contributed by atoms with Crippen molar-refractivity contribution in [1.82, 2.24) is 4.90 Å². The van der Waals surface area contributed by atoms with Crippen molar-refractivity contribution >= 4 is 17.6 Å². The first-order chi connectivity index (χ1) is 10.0. The molecule has 0 saturated heterocycles. The van der Waals surface area contributed by atoms with Crippen molar-refractivity contribution < 1.29 is 23.8 Å². The largest absolute Gasteiger partial charge is 0.480 e. The Morgan fingerprint density at radius 1 is 1.38 bits per heavy atom. The molecule has 0 saturated carbocycles. The van der Waals surface area contributed by atoms with Crippen molar-refractivity contribution in [3.63, 3.8) is 0 Å². The summed E-state index contributed by atoms with van der Waals surface area (Å²) in [6, 6.07) is 5.59. The second-order valence-corrected chi connectivity index (χ2v) is 4.47. The molecule has 0 aliphatic heterocycles. The van der Waals surface area contributed by atoms with E-state index in [1.807, 2.05) is 0 Å². The van der Waals surface area contributed by atoms with Gasteiger partial charge in [0.1, 0.15) is 5.82 Å². The molecule has 0 bridgehead atoms. The predicted octanol–water partition coefficient (Wildman–Crippen LogP) is 1.19. The van der Waals surface area contributed by atoms with Crippen molar-refractivity contribution in [1.29, 1.82) is 0 Å². The van der Waals surface area contributed by atoms with Gasteiger partial charge in [-0.2, -0.15) is 0 Å². The van der Waals surface area contributed by atoms with Gasteiger partial charge in [-0.3, -0.25) is 14.5 Å². The summed E-state index contributed by atoms with van der Waals surface area (Å²) in [5.41, 5.74) is 0.377. The Bertz CT molecular complexity index is 482. The molecule has 1 amide bonds. The molecule has 0 aliphatic rings. The topological polar surface area (TPSA) is 78.9 Å². The minimum absolute atomic E-state index is 0.119. The van der Waals surface area contributed by atoms with Crippen LogP contribution in [0.1, 0.15) is 6.42 Å². The minimum Gasteiger partial charge on any atom is -0.480 e. The van der Waals surface area contributed by atoms with Crippen LogP contribution < -0.4 is 5.32 Å². The summed E-state index contributed by atoms with van der Waals surface area (Å²) >= 11 is 0. The quantitative estimate of drug-likeness (QED) is 0.716. The molecular weight excluding hydrogens is 279 g/mol. The lowest BCUT2D eigenvalue weighted by Crippen LogP contribution is -2.35. The Morgan fingerprint density at radius 3 is 2.76 bits per heavy atom. The SMILES string of the molecule is COCCN(CCC(=O)Nc1cccc(F)c1)CC(=O)O. The Kier molecular flexibility index (Phi) is 7.34. The molecule has 1 aromatic rings. The maximum atomic E-state index is 13.0. The zero-order valence-electron chi connectivity index (χ0n) is 11.8. The fourth-order valence-electron chi connectivity index (χ4n) is 1.73. The molecule has 1 aromatic carbocycles. The Balaban J connectivity index is 2.43. The van der Waals surface area contributed by atoms with Crippen LogP contribution in [0.5, 0.6) is 0 Å². The number of benzene rings is 1. The Hall–Kier alpha value is -1.99. The number of hydrogen-bond acceptors (Lipinski definition) is 4. The van der Waals surface area contributed by atoms with Crippen LogP contribution in [0.3, 0.4) is 0 Å². The molecule has 0 aliphatic carbocycles. The van der Waals surface area contributed by atoms with Gasteiger partial charge in [0.2, 0.25) is 5.91 Å². The van der Waals surface area contributed by atoms with Crippen LogP contribution in [0.2, 0.25) is 0 Å². The molecule has 0 atom stereocenters. The van der Waals surface area contributed by atoms with Crippen molar-refractivity contribution in [2.45, 2.75) is 6.42 Å². The van der Waals surface area contributed by atoms with Gasteiger partial charge in [-0.15, -0.1) is 0 Å². The summed E-state index contributed by atoms with van der Waals surface area (Å²) in [5.74, 6) is -1.69. The number of nitrogens with one attached hydrogen (secondary N) is 1. The van der Waals surface area contributed by atoms with Gasteiger partial charge in [0, 0.05) is 32.3 Å². The molecule has 0 heterocycles. The number of hydrogen-bond donors (Lipinski definition) is 2. The first-order valence-corrected chi connectivity index (χ1v) is 6.49.